The Morgan fingerprint density at radius 3 is 2.70 bits per heavy atom. The van der Waals surface area contributed by atoms with Crippen LogP contribution in [0.15, 0.2) is 0 Å². The zero-order valence-electron chi connectivity index (χ0n) is 12.6. The summed E-state index contributed by atoms with van der Waals surface area (Å²) in [7, 11) is 1.74. The number of rotatable bonds is 6. The van der Waals surface area contributed by atoms with E-state index >= 15 is 0 Å². The van der Waals surface area contributed by atoms with Gasteiger partial charge in [-0.3, -0.25) is 4.79 Å². The second-order valence-corrected chi connectivity index (χ2v) is 6.22. The smallest absolute Gasteiger partial charge is 0.220 e. The van der Waals surface area contributed by atoms with Crippen LogP contribution in [0.2, 0.25) is 0 Å². The molecule has 2 aliphatic rings. The van der Waals surface area contributed by atoms with Crippen molar-refractivity contribution in [3.8, 4) is 0 Å². The van der Waals surface area contributed by atoms with Crippen LogP contribution in [0.3, 0.4) is 0 Å². The number of carbonyl (C=O) groups is 1. The van der Waals surface area contributed by atoms with Crippen molar-refractivity contribution >= 4 is 5.91 Å². The highest BCUT2D eigenvalue weighted by molar-refractivity contribution is 5.76. The van der Waals surface area contributed by atoms with Gasteiger partial charge in [-0.25, -0.2) is 0 Å². The highest BCUT2D eigenvalue weighted by atomic mass is 16.5. The quantitative estimate of drug-likeness (QED) is 0.762. The maximum atomic E-state index is 12.1. The molecule has 20 heavy (non-hydrogen) atoms. The molecule has 5 nitrogen and oxygen atoms in total. The van der Waals surface area contributed by atoms with Crippen molar-refractivity contribution in [3.63, 3.8) is 0 Å². The van der Waals surface area contributed by atoms with E-state index in [1.807, 2.05) is 0 Å². The lowest BCUT2D eigenvalue weighted by Gasteiger charge is -2.37. The lowest BCUT2D eigenvalue weighted by Crippen LogP contribution is -2.47. The molecule has 2 saturated heterocycles. The molecular weight excluding hydrogens is 256 g/mol. The van der Waals surface area contributed by atoms with Gasteiger partial charge in [0.25, 0.3) is 0 Å². The average Bonchev–Trinajstić information content (AvgIpc) is 2.48. The molecule has 0 saturated carbocycles. The fourth-order valence-electron chi connectivity index (χ4n) is 3.21. The largest absolute Gasteiger partial charge is 0.384 e. The molecule has 2 heterocycles. The number of hydrogen-bond acceptors (Lipinski definition) is 4. The minimum Gasteiger partial charge on any atom is -0.384 e. The van der Waals surface area contributed by atoms with Crippen LogP contribution in [-0.4, -0.2) is 52.5 Å². The van der Waals surface area contributed by atoms with E-state index in [0.717, 1.165) is 65.1 Å². The fraction of sp³-hybridized carbons (Fsp3) is 0.933. The Hall–Kier alpha value is -0.650. The summed E-state index contributed by atoms with van der Waals surface area (Å²) < 4.78 is 10.7. The molecule has 2 fully saturated rings. The number of hydrogen-bond donors (Lipinski definition) is 2. The summed E-state index contributed by atoms with van der Waals surface area (Å²) in [6.45, 7) is 5.10. The van der Waals surface area contributed by atoms with E-state index in [9.17, 15) is 4.79 Å². The van der Waals surface area contributed by atoms with Gasteiger partial charge in [0.1, 0.15) is 0 Å². The van der Waals surface area contributed by atoms with Gasteiger partial charge in [-0.05, 0) is 44.7 Å². The molecule has 1 amide bonds. The summed E-state index contributed by atoms with van der Waals surface area (Å²) in [5.74, 6) is 0.682. The molecule has 2 rings (SSSR count). The van der Waals surface area contributed by atoms with Gasteiger partial charge in [0.2, 0.25) is 5.91 Å². The Morgan fingerprint density at radius 1 is 1.35 bits per heavy atom. The van der Waals surface area contributed by atoms with Crippen LogP contribution in [0.1, 0.15) is 32.1 Å². The van der Waals surface area contributed by atoms with E-state index in [-0.39, 0.29) is 11.3 Å². The van der Waals surface area contributed by atoms with Gasteiger partial charge in [0.05, 0.1) is 6.61 Å². The van der Waals surface area contributed by atoms with Crippen LogP contribution >= 0.6 is 0 Å². The summed E-state index contributed by atoms with van der Waals surface area (Å²) in [6, 6.07) is 0. The summed E-state index contributed by atoms with van der Waals surface area (Å²) in [6.07, 6.45) is 4.81. The third kappa shape index (κ3) is 4.72. The summed E-state index contributed by atoms with van der Waals surface area (Å²) in [5, 5.41) is 6.51. The van der Waals surface area contributed by atoms with Crippen molar-refractivity contribution in [2.45, 2.75) is 32.1 Å². The maximum Gasteiger partial charge on any atom is 0.220 e. The van der Waals surface area contributed by atoms with Crippen molar-refractivity contribution in [1.29, 1.82) is 0 Å². The Morgan fingerprint density at radius 2 is 2.05 bits per heavy atom. The van der Waals surface area contributed by atoms with E-state index in [2.05, 4.69) is 10.6 Å². The Bertz CT molecular complexity index is 292. The number of amides is 1. The molecule has 0 aromatic heterocycles. The van der Waals surface area contributed by atoms with Crippen LogP contribution in [0.4, 0.5) is 0 Å². The van der Waals surface area contributed by atoms with Crippen molar-refractivity contribution in [3.05, 3.63) is 0 Å². The lowest BCUT2D eigenvalue weighted by atomic mass is 9.79. The summed E-state index contributed by atoms with van der Waals surface area (Å²) in [4.78, 5) is 12.1. The van der Waals surface area contributed by atoms with Crippen LogP contribution < -0.4 is 10.6 Å². The van der Waals surface area contributed by atoms with E-state index in [4.69, 9.17) is 9.47 Å². The van der Waals surface area contributed by atoms with Gasteiger partial charge >= 0.3 is 0 Å². The Kier molecular flexibility index (Phi) is 6.26. The third-order valence-electron chi connectivity index (χ3n) is 4.59. The first-order valence-electron chi connectivity index (χ1n) is 7.78. The second-order valence-electron chi connectivity index (χ2n) is 6.22. The number of nitrogens with one attached hydrogen (secondary N) is 2. The van der Waals surface area contributed by atoms with Crippen molar-refractivity contribution in [2.75, 3.05) is 46.6 Å². The van der Waals surface area contributed by atoms with Gasteiger partial charge in [-0.2, -0.15) is 0 Å². The van der Waals surface area contributed by atoms with E-state index in [0.29, 0.717) is 12.3 Å². The molecule has 0 radical (unpaired) electrons. The monoisotopic (exact) mass is 284 g/mol. The predicted molar refractivity (Wildman–Crippen MR) is 77.6 cm³/mol. The molecule has 0 spiro atoms. The van der Waals surface area contributed by atoms with Gasteiger partial charge in [0, 0.05) is 38.7 Å². The molecular formula is C15H28N2O3. The van der Waals surface area contributed by atoms with Gasteiger partial charge < -0.3 is 20.1 Å². The minimum absolute atomic E-state index is 0.116. The van der Waals surface area contributed by atoms with Gasteiger partial charge in [0.15, 0.2) is 0 Å². The van der Waals surface area contributed by atoms with E-state index in [1.54, 1.807) is 7.11 Å². The first-order valence-corrected chi connectivity index (χ1v) is 7.78. The van der Waals surface area contributed by atoms with Crippen molar-refractivity contribution < 1.29 is 14.3 Å². The molecule has 0 unspecified atom stereocenters. The first kappa shape index (κ1) is 15.7. The third-order valence-corrected chi connectivity index (χ3v) is 4.59. The van der Waals surface area contributed by atoms with Crippen LogP contribution in [0.25, 0.3) is 0 Å². The molecule has 0 aromatic rings. The number of carbonyl (C=O) groups excluding carboxylic acids is 1. The number of methoxy groups -OCH3 is 1. The first-order chi connectivity index (χ1) is 9.74. The SMILES string of the molecule is COCC1(CNC(=O)CC2CCOCC2)CCNCC1. The predicted octanol–water partition coefficient (Wildman–Crippen LogP) is 0.935. The standard InChI is InChI=1S/C15H28N2O3/c1-19-12-15(4-6-16-7-5-15)11-17-14(18)10-13-2-8-20-9-3-13/h13,16H,2-12H2,1H3,(H,17,18). The normalized spacial score (nSPS) is 23.4. The highest BCUT2D eigenvalue weighted by Gasteiger charge is 2.32. The Balaban J connectivity index is 1.74. The lowest BCUT2D eigenvalue weighted by molar-refractivity contribution is -0.123. The summed E-state index contributed by atoms with van der Waals surface area (Å²) in [5.41, 5.74) is 0.116. The fourth-order valence-corrected chi connectivity index (χ4v) is 3.21. The molecule has 0 aromatic carbocycles. The topological polar surface area (TPSA) is 59.6 Å². The maximum absolute atomic E-state index is 12.1. The highest BCUT2D eigenvalue weighted by Crippen LogP contribution is 2.28. The molecule has 0 bridgehead atoms. The van der Waals surface area contributed by atoms with Crippen molar-refractivity contribution in [1.82, 2.24) is 10.6 Å². The average molecular weight is 284 g/mol. The minimum atomic E-state index is 0.116. The summed E-state index contributed by atoms with van der Waals surface area (Å²) >= 11 is 0. The number of piperidine rings is 1. The zero-order chi connectivity index (χ0) is 14.3. The zero-order valence-corrected chi connectivity index (χ0v) is 12.6. The van der Waals surface area contributed by atoms with Crippen LogP contribution in [0.5, 0.6) is 0 Å². The molecule has 2 N–H and O–H groups in total. The molecule has 5 heteroatoms. The van der Waals surface area contributed by atoms with Crippen LogP contribution in [-0.2, 0) is 14.3 Å². The van der Waals surface area contributed by atoms with Crippen molar-refractivity contribution in [2.24, 2.45) is 11.3 Å². The van der Waals surface area contributed by atoms with Gasteiger partial charge in [-0.15, -0.1) is 0 Å². The Labute approximate surface area is 121 Å². The van der Waals surface area contributed by atoms with Gasteiger partial charge in [-0.1, -0.05) is 0 Å². The molecule has 0 aliphatic carbocycles. The molecule has 0 atom stereocenters. The number of ether oxygens (including phenoxy) is 2. The molecule has 2 aliphatic heterocycles. The van der Waals surface area contributed by atoms with Crippen LogP contribution in [0, 0.1) is 11.3 Å². The van der Waals surface area contributed by atoms with E-state index in [1.165, 1.54) is 0 Å². The van der Waals surface area contributed by atoms with E-state index < -0.39 is 0 Å². The second kappa shape index (κ2) is 7.96. The molecule has 116 valence electrons.